The number of dihydropyridines is 1. The quantitative estimate of drug-likeness (QED) is 0.0910. The molecule has 276 valence electrons. The van der Waals surface area contributed by atoms with Gasteiger partial charge in [0, 0.05) is 35.4 Å². The minimum absolute atomic E-state index is 0.101. The van der Waals surface area contributed by atoms with E-state index in [0.29, 0.717) is 12.4 Å². The zero-order chi connectivity index (χ0) is 39.3. The lowest BCUT2D eigenvalue weighted by Gasteiger charge is -2.17. The molecule has 1 aliphatic rings. The number of nitrogens with one attached hydrogen (secondary N) is 1. The number of rotatable bonds is 16. The molecule has 0 radical (unpaired) electrons. The van der Waals surface area contributed by atoms with Crippen LogP contribution in [0.25, 0.3) is 28.9 Å². The second-order valence-corrected chi connectivity index (χ2v) is 12.8. The Bertz CT molecular complexity index is 2180. The van der Waals surface area contributed by atoms with Crippen molar-refractivity contribution < 1.29 is 0 Å². The number of allylic oxidation sites excluding steroid dienone is 18. The lowest BCUT2D eigenvalue weighted by atomic mass is 9.94. The Morgan fingerprint density at radius 1 is 0.836 bits per heavy atom. The van der Waals surface area contributed by atoms with E-state index in [9.17, 15) is 0 Å². The Balaban J connectivity index is 1.87. The number of aromatic nitrogens is 1. The predicted molar refractivity (Wildman–Crippen MR) is 242 cm³/mol. The van der Waals surface area contributed by atoms with Crippen LogP contribution in [0.4, 0.5) is 0 Å². The Hall–Kier alpha value is -6.65. The van der Waals surface area contributed by atoms with Gasteiger partial charge in [0.25, 0.3) is 0 Å². The van der Waals surface area contributed by atoms with Crippen LogP contribution in [0.3, 0.4) is 0 Å². The summed E-state index contributed by atoms with van der Waals surface area (Å²) in [6.07, 6.45) is 43.8. The summed E-state index contributed by atoms with van der Waals surface area (Å²) >= 11 is 0. The first-order valence-electron chi connectivity index (χ1n) is 18.5. The van der Waals surface area contributed by atoms with E-state index in [0.717, 1.165) is 61.4 Å². The molecule has 0 saturated carbocycles. The number of pyridine rings is 1. The van der Waals surface area contributed by atoms with E-state index >= 15 is 0 Å². The van der Waals surface area contributed by atoms with Gasteiger partial charge in [0.05, 0.1) is 12.6 Å². The molecule has 0 spiro atoms. The maximum Gasteiger partial charge on any atom is 0.154 e. The van der Waals surface area contributed by atoms with E-state index in [1.807, 2.05) is 93.9 Å². The van der Waals surface area contributed by atoms with Crippen LogP contribution in [-0.2, 0) is 6.54 Å². The molecule has 1 aliphatic heterocycles. The van der Waals surface area contributed by atoms with Crippen molar-refractivity contribution in [3.63, 3.8) is 0 Å². The van der Waals surface area contributed by atoms with Crippen molar-refractivity contribution in [1.29, 1.82) is 0 Å². The molecular formula is C51H52N4. The minimum Gasteiger partial charge on any atom is -0.381 e. The maximum atomic E-state index is 5.14. The van der Waals surface area contributed by atoms with Gasteiger partial charge in [-0.3, -0.25) is 9.98 Å². The summed E-state index contributed by atoms with van der Waals surface area (Å²) in [5, 5.41) is 3.52. The van der Waals surface area contributed by atoms with Gasteiger partial charge in [0.1, 0.15) is 0 Å². The molecule has 0 amide bonds. The molecule has 4 nitrogen and oxygen atoms in total. The number of amidine groups is 1. The van der Waals surface area contributed by atoms with Crippen LogP contribution >= 0.6 is 0 Å². The molecule has 2 heterocycles. The Morgan fingerprint density at radius 3 is 2.29 bits per heavy atom. The fraction of sp³-hybridized carbons (Fsp3) is 0.118. The summed E-state index contributed by atoms with van der Waals surface area (Å²) in [7, 11) is 0. The third kappa shape index (κ3) is 13.4. The zero-order valence-corrected chi connectivity index (χ0v) is 32.6. The van der Waals surface area contributed by atoms with Gasteiger partial charge in [0.15, 0.2) is 5.84 Å². The van der Waals surface area contributed by atoms with Crippen LogP contribution in [0, 0.1) is 6.92 Å². The highest BCUT2D eigenvalue weighted by molar-refractivity contribution is 6.07. The van der Waals surface area contributed by atoms with Crippen molar-refractivity contribution >= 4 is 29.8 Å². The van der Waals surface area contributed by atoms with Gasteiger partial charge < -0.3 is 5.32 Å². The smallest absolute Gasteiger partial charge is 0.154 e. The molecule has 2 aromatic carbocycles. The van der Waals surface area contributed by atoms with Crippen molar-refractivity contribution in [3.05, 3.63) is 229 Å². The molecule has 4 rings (SSSR count). The number of benzene rings is 2. The van der Waals surface area contributed by atoms with Crippen LogP contribution in [0.1, 0.15) is 54.3 Å². The largest absolute Gasteiger partial charge is 0.381 e. The van der Waals surface area contributed by atoms with Crippen LogP contribution in [0.5, 0.6) is 0 Å². The second kappa shape index (κ2) is 22.4. The van der Waals surface area contributed by atoms with Crippen LogP contribution in [0.15, 0.2) is 205 Å². The third-order valence-corrected chi connectivity index (χ3v) is 8.52. The van der Waals surface area contributed by atoms with Gasteiger partial charge >= 0.3 is 0 Å². The summed E-state index contributed by atoms with van der Waals surface area (Å²) in [6, 6.07) is 17.1. The van der Waals surface area contributed by atoms with E-state index in [4.69, 9.17) is 15.0 Å². The number of hydrogen-bond acceptors (Lipinski definition) is 3. The first-order chi connectivity index (χ1) is 26.9. The summed E-state index contributed by atoms with van der Waals surface area (Å²) in [6.45, 7) is 20.2. The molecule has 1 aromatic heterocycles. The normalized spacial score (nSPS) is 15.7. The zero-order valence-electron chi connectivity index (χ0n) is 32.6. The Kier molecular flexibility index (Phi) is 16.8. The van der Waals surface area contributed by atoms with Gasteiger partial charge in [-0.1, -0.05) is 165 Å². The van der Waals surface area contributed by atoms with Crippen molar-refractivity contribution in [2.45, 2.75) is 40.3 Å². The molecule has 1 N–H and O–H groups in total. The first kappa shape index (κ1) is 41.1. The summed E-state index contributed by atoms with van der Waals surface area (Å²) < 4.78 is 0. The highest BCUT2D eigenvalue weighted by Gasteiger charge is 2.14. The number of nitrogens with zero attached hydrogens (tertiary/aromatic N) is 3. The molecule has 0 fully saturated rings. The van der Waals surface area contributed by atoms with Crippen molar-refractivity contribution in [3.8, 4) is 11.1 Å². The predicted octanol–water partition coefficient (Wildman–Crippen LogP) is 12.7. The van der Waals surface area contributed by atoms with E-state index < -0.39 is 0 Å². The van der Waals surface area contributed by atoms with Crippen LogP contribution < -0.4 is 5.32 Å². The Morgan fingerprint density at radius 2 is 1.58 bits per heavy atom. The van der Waals surface area contributed by atoms with Crippen molar-refractivity contribution in [2.75, 3.05) is 0 Å². The molecule has 4 heteroatoms. The molecule has 0 saturated heterocycles. The fourth-order valence-corrected chi connectivity index (χ4v) is 5.42. The molecule has 1 atom stereocenters. The van der Waals surface area contributed by atoms with Gasteiger partial charge in [-0.15, -0.1) is 0 Å². The second-order valence-electron chi connectivity index (χ2n) is 12.8. The lowest BCUT2D eigenvalue weighted by Crippen LogP contribution is -2.22. The van der Waals surface area contributed by atoms with Gasteiger partial charge in [-0.25, -0.2) is 4.99 Å². The van der Waals surface area contributed by atoms with E-state index in [1.165, 1.54) is 0 Å². The van der Waals surface area contributed by atoms with Crippen LogP contribution in [-0.4, -0.2) is 23.1 Å². The van der Waals surface area contributed by atoms with Gasteiger partial charge in [-0.2, -0.15) is 0 Å². The van der Waals surface area contributed by atoms with E-state index in [2.05, 4.69) is 123 Å². The molecule has 1 unspecified atom stereocenters. The molecule has 3 aromatic rings. The average Bonchev–Trinajstić information content (AvgIpc) is 3.21. The topological polar surface area (TPSA) is 49.6 Å². The molecule has 55 heavy (non-hydrogen) atoms. The van der Waals surface area contributed by atoms with Crippen molar-refractivity contribution in [1.82, 2.24) is 10.3 Å². The highest BCUT2D eigenvalue weighted by atomic mass is 14.9. The fourth-order valence-electron chi connectivity index (χ4n) is 5.42. The van der Waals surface area contributed by atoms with E-state index in [1.54, 1.807) is 18.2 Å². The van der Waals surface area contributed by atoms with Crippen LogP contribution in [0.2, 0.25) is 0 Å². The number of aryl methyl sites for hydroxylation is 1. The maximum absolute atomic E-state index is 5.14. The number of aliphatic imine (C=N–C) groups is 2. The summed E-state index contributed by atoms with van der Waals surface area (Å²) in [5.74, 6) is 0.604. The minimum atomic E-state index is 0.101. The number of hydrogen-bond donors (Lipinski definition) is 1. The standard InChI is InChI=1S/C51H52N4/c1-8-13-17-19-39(6)23-24-41(12-5)35-54-51(55-36-43-27-25-42(26-28-43)20-15-10-3)48-33-46(45-29-30-50(53-37-45)22-18-14-9-2)32-47(34-48)49-31-44(21-16-11-4)40(7)52-38-49/h8-35,37-38,50,53H,3-5,36H2,1-2,6-7H3/b13-8-,14-9-,19-17-,20-15-,21-16-,22-18-,39-23+,41-24+,54-35?,55-51?. The van der Waals surface area contributed by atoms with Gasteiger partial charge in [-0.05, 0) is 90.9 Å². The third-order valence-electron chi connectivity index (χ3n) is 8.52. The van der Waals surface area contributed by atoms with Crippen molar-refractivity contribution in [2.24, 2.45) is 9.98 Å². The Labute approximate surface area is 329 Å². The SMILES string of the molecule is C=C/C=C\c1ccc(CN=C(N=C/C(C=C)=C/C=C(C)/C=C\C=C/C)c2cc(C3=CNC(/C=C\C=C/C)C=C3)cc(-c3cnc(C)c(/C=C\C=C)c3)c2)cc1. The lowest BCUT2D eigenvalue weighted by molar-refractivity contribution is 0.832. The van der Waals surface area contributed by atoms with E-state index in [-0.39, 0.29) is 6.04 Å². The monoisotopic (exact) mass is 720 g/mol. The highest BCUT2D eigenvalue weighted by Crippen LogP contribution is 2.29. The average molecular weight is 721 g/mol. The molecule has 0 bridgehead atoms. The molecular weight excluding hydrogens is 669 g/mol. The molecule has 0 aliphatic carbocycles. The first-order valence-corrected chi connectivity index (χ1v) is 18.5. The summed E-state index contributed by atoms with van der Waals surface area (Å²) in [4.78, 5) is 14.9. The van der Waals surface area contributed by atoms with Gasteiger partial charge in [0.2, 0.25) is 0 Å². The summed E-state index contributed by atoms with van der Waals surface area (Å²) in [5.41, 5.74) is 11.1.